The van der Waals surface area contributed by atoms with E-state index in [4.69, 9.17) is 0 Å². The summed E-state index contributed by atoms with van der Waals surface area (Å²) in [6.45, 7) is 8.26. The number of nitrogens with one attached hydrogen (secondary N) is 1. The fraction of sp³-hybridized carbons (Fsp3) is 0.938. The van der Waals surface area contributed by atoms with Gasteiger partial charge in [-0.2, -0.15) is 0 Å². The first kappa shape index (κ1) is 14.8. The van der Waals surface area contributed by atoms with Gasteiger partial charge in [-0.3, -0.25) is 9.69 Å². The van der Waals surface area contributed by atoms with Crippen molar-refractivity contribution in [1.29, 1.82) is 0 Å². The molecule has 0 radical (unpaired) electrons. The third kappa shape index (κ3) is 4.20. The Kier molecular flexibility index (Phi) is 4.88. The highest BCUT2D eigenvalue weighted by molar-refractivity contribution is 5.81. The van der Waals surface area contributed by atoms with Crippen molar-refractivity contribution in [3.05, 3.63) is 0 Å². The molecule has 3 nitrogen and oxygen atoms in total. The molecule has 110 valence electrons. The third-order valence-corrected chi connectivity index (χ3v) is 4.56. The normalized spacial score (nSPS) is 27.2. The molecular formula is C16H30N2O. The fourth-order valence-electron chi connectivity index (χ4n) is 3.30. The smallest absolute Gasteiger partial charge is 0.225 e. The van der Waals surface area contributed by atoms with Gasteiger partial charge in [0, 0.05) is 24.0 Å². The Balaban J connectivity index is 1.84. The van der Waals surface area contributed by atoms with Gasteiger partial charge < -0.3 is 5.32 Å². The van der Waals surface area contributed by atoms with E-state index < -0.39 is 0 Å². The lowest BCUT2D eigenvalue weighted by Gasteiger charge is -2.40. The van der Waals surface area contributed by atoms with Crippen LogP contribution in [-0.2, 0) is 4.79 Å². The molecule has 0 aromatic heterocycles. The first-order valence-corrected chi connectivity index (χ1v) is 8.02. The predicted octanol–water partition coefficient (Wildman–Crippen LogP) is 2.95. The number of hydrogen-bond donors (Lipinski definition) is 1. The maximum absolute atomic E-state index is 12.1. The highest BCUT2D eigenvalue weighted by Crippen LogP contribution is 2.25. The summed E-state index contributed by atoms with van der Waals surface area (Å²) in [5.74, 6) is 0.197. The molecule has 1 saturated heterocycles. The van der Waals surface area contributed by atoms with Crippen LogP contribution >= 0.6 is 0 Å². The first-order chi connectivity index (χ1) is 8.97. The second-order valence-corrected chi connectivity index (χ2v) is 7.35. The summed E-state index contributed by atoms with van der Waals surface area (Å²) in [6, 6.07) is 1.14. The van der Waals surface area contributed by atoms with Crippen molar-refractivity contribution in [1.82, 2.24) is 10.2 Å². The lowest BCUT2D eigenvalue weighted by molar-refractivity contribution is -0.129. The van der Waals surface area contributed by atoms with Crippen molar-refractivity contribution in [3.63, 3.8) is 0 Å². The predicted molar refractivity (Wildman–Crippen MR) is 79.1 cm³/mol. The van der Waals surface area contributed by atoms with Crippen LogP contribution in [0, 0.1) is 5.41 Å². The van der Waals surface area contributed by atoms with Crippen LogP contribution in [0.15, 0.2) is 0 Å². The Bertz CT molecular complexity index is 302. The largest absolute Gasteiger partial charge is 0.352 e. The summed E-state index contributed by atoms with van der Waals surface area (Å²) in [5.41, 5.74) is -0.271. The van der Waals surface area contributed by atoms with Gasteiger partial charge in [0.1, 0.15) is 0 Å². The standard InChI is InChI=1S/C16H30N2O/c1-16(2,3)15(19)17-13-8-7-11-18(12-13)14-9-5-4-6-10-14/h13-14H,4-12H2,1-3H3,(H,17,19). The van der Waals surface area contributed by atoms with Crippen molar-refractivity contribution < 1.29 is 4.79 Å². The Labute approximate surface area is 118 Å². The van der Waals surface area contributed by atoms with E-state index in [2.05, 4.69) is 10.2 Å². The van der Waals surface area contributed by atoms with Crippen LogP contribution in [0.1, 0.15) is 65.7 Å². The molecule has 2 fully saturated rings. The minimum Gasteiger partial charge on any atom is -0.352 e. The number of amides is 1. The summed E-state index contributed by atoms with van der Waals surface area (Å²) < 4.78 is 0. The van der Waals surface area contributed by atoms with E-state index in [1.807, 2.05) is 20.8 Å². The third-order valence-electron chi connectivity index (χ3n) is 4.56. The molecule has 1 saturated carbocycles. The van der Waals surface area contributed by atoms with E-state index >= 15 is 0 Å². The van der Waals surface area contributed by atoms with Crippen LogP contribution in [0.2, 0.25) is 0 Å². The number of likely N-dealkylation sites (tertiary alicyclic amines) is 1. The molecule has 1 aliphatic heterocycles. The van der Waals surface area contributed by atoms with Gasteiger partial charge in [0.05, 0.1) is 0 Å². The van der Waals surface area contributed by atoms with Crippen molar-refractivity contribution in [3.8, 4) is 0 Å². The lowest BCUT2D eigenvalue weighted by Crippen LogP contribution is -2.53. The van der Waals surface area contributed by atoms with E-state index in [1.165, 1.54) is 45.1 Å². The van der Waals surface area contributed by atoms with Crippen LogP contribution in [0.4, 0.5) is 0 Å². The fourth-order valence-corrected chi connectivity index (χ4v) is 3.30. The van der Waals surface area contributed by atoms with Gasteiger partial charge in [0.15, 0.2) is 0 Å². The molecule has 0 aromatic carbocycles. The monoisotopic (exact) mass is 266 g/mol. The zero-order valence-corrected chi connectivity index (χ0v) is 12.9. The maximum Gasteiger partial charge on any atom is 0.225 e. The molecule has 1 N–H and O–H groups in total. The lowest BCUT2D eigenvalue weighted by atomic mass is 9.91. The van der Waals surface area contributed by atoms with E-state index in [0.717, 1.165) is 19.0 Å². The molecule has 2 aliphatic rings. The number of rotatable bonds is 2. The average molecular weight is 266 g/mol. The van der Waals surface area contributed by atoms with Crippen LogP contribution in [-0.4, -0.2) is 36.0 Å². The Morgan fingerprint density at radius 3 is 2.37 bits per heavy atom. The number of piperidine rings is 1. The Hall–Kier alpha value is -0.570. The molecule has 1 amide bonds. The summed E-state index contributed by atoms with van der Waals surface area (Å²) >= 11 is 0. The minimum absolute atomic E-state index is 0.197. The SMILES string of the molecule is CC(C)(C)C(=O)NC1CCCN(C2CCCCC2)C1. The summed E-state index contributed by atoms with van der Waals surface area (Å²) in [5, 5.41) is 3.25. The van der Waals surface area contributed by atoms with E-state index in [1.54, 1.807) is 0 Å². The topological polar surface area (TPSA) is 32.3 Å². The van der Waals surface area contributed by atoms with Gasteiger partial charge in [0.2, 0.25) is 5.91 Å². The average Bonchev–Trinajstić information content (AvgIpc) is 2.39. The van der Waals surface area contributed by atoms with Crippen molar-refractivity contribution in [2.45, 2.75) is 77.8 Å². The van der Waals surface area contributed by atoms with Crippen molar-refractivity contribution in [2.24, 2.45) is 5.41 Å². The molecule has 2 rings (SSSR count). The molecule has 1 aliphatic carbocycles. The first-order valence-electron chi connectivity index (χ1n) is 8.02. The van der Waals surface area contributed by atoms with E-state index in [0.29, 0.717) is 6.04 Å². The Morgan fingerprint density at radius 2 is 1.74 bits per heavy atom. The number of hydrogen-bond acceptors (Lipinski definition) is 2. The van der Waals surface area contributed by atoms with Crippen LogP contribution < -0.4 is 5.32 Å². The van der Waals surface area contributed by atoms with E-state index in [9.17, 15) is 4.79 Å². The quantitative estimate of drug-likeness (QED) is 0.833. The highest BCUT2D eigenvalue weighted by Gasteiger charge is 2.30. The molecule has 0 aromatic rings. The van der Waals surface area contributed by atoms with Crippen molar-refractivity contribution >= 4 is 5.91 Å². The molecule has 0 spiro atoms. The van der Waals surface area contributed by atoms with Crippen LogP contribution in [0.5, 0.6) is 0 Å². The highest BCUT2D eigenvalue weighted by atomic mass is 16.2. The second-order valence-electron chi connectivity index (χ2n) is 7.35. The number of nitrogens with zero attached hydrogens (tertiary/aromatic N) is 1. The summed E-state index contributed by atoms with van der Waals surface area (Å²) in [7, 11) is 0. The molecule has 1 atom stereocenters. The molecule has 3 heteroatoms. The van der Waals surface area contributed by atoms with Gasteiger partial charge >= 0.3 is 0 Å². The molecule has 0 bridgehead atoms. The van der Waals surface area contributed by atoms with E-state index in [-0.39, 0.29) is 11.3 Å². The van der Waals surface area contributed by atoms with Crippen LogP contribution in [0.3, 0.4) is 0 Å². The minimum atomic E-state index is -0.271. The Morgan fingerprint density at radius 1 is 1.05 bits per heavy atom. The molecule has 1 heterocycles. The summed E-state index contributed by atoms with van der Waals surface area (Å²) in [4.78, 5) is 14.7. The van der Waals surface area contributed by atoms with Gasteiger partial charge in [-0.1, -0.05) is 40.0 Å². The van der Waals surface area contributed by atoms with Gasteiger partial charge in [0.25, 0.3) is 0 Å². The van der Waals surface area contributed by atoms with Crippen LogP contribution in [0.25, 0.3) is 0 Å². The van der Waals surface area contributed by atoms with Crippen molar-refractivity contribution in [2.75, 3.05) is 13.1 Å². The zero-order valence-electron chi connectivity index (χ0n) is 12.9. The van der Waals surface area contributed by atoms with Gasteiger partial charge in [-0.05, 0) is 32.2 Å². The maximum atomic E-state index is 12.1. The summed E-state index contributed by atoms with van der Waals surface area (Å²) in [6.07, 6.45) is 9.28. The second kappa shape index (κ2) is 6.25. The molecular weight excluding hydrogens is 236 g/mol. The number of carbonyl (C=O) groups excluding carboxylic acids is 1. The molecule has 19 heavy (non-hydrogen) atoms. The van der Waals surface area contributed by atoms with Gasteiger partial charge in [-0.15, -0.1) is 0 Å². The zero-order chi connectivity index (χ0) is 13.9. The molecule has 1 unspecified atom stereocenters. The number of carbonyl (C=O) groups is 1. The van der Waals surface area contributed by atoms with Gasteiger partial charge in [-0.25, -0.2) is 0 Å².